The number of urea groups is 1. The molecule has 1 aliphatic heterocycles. The first-order valence-corrected chi connectivity index (χ1v) is 11.4. The van der Waals surface area contributed by atoms with Crippen LogP contribution in [0, 0.1) is 0 Å². The Morgan fingerprint density at radius 2 is 2.07 bits per heavy atom. The van der Waals surface area contributed by atoms with Gasteiger partial charge in [0.25, 0.3) is 0 Å². The maximum Gasteiger partial charge on any atom is 0.321 e. The molecule has 1 aromatic carbocycles. The molecule has 1 fully saturated rings. The number of nitrogens with one attached hydrogen (secondary N) is 2. The minimum absolute atomic E-state index is 0.234. The van der Waals surface area contributed by atoms with Gasteiger partial charge in [-0.3, -0.25) is 0 Å². The van der Waals surface area contributed by atoms with Crippen molar-refractivity contribution in [3.63, 3.8) is 0 Å². The van der Waals surface area contributed by atoms with Crippen LogP contribution in [0.4, 0.5) is 10.5 Å². The molecule has 1 aliphatic rings. The molecular weight excluding hydrogens is 386 g/mol. The number of rotatable bonds is 6. The number of ether oxygens (including phenoxy) is 1. The monoisotopic (exact) mass is 409 g/mol. The average molecular weight is 410 g/mol. The fourth-order valence-electron chi connectivity index (χ4n) is 2.95. The highest BCUT2D eigenvalue weighted by atomic mass is 32.2. The van der Waals surface area contributed by atoms with Crippen LogP contribution in [0.25, 0.3) is 0 Å². The van der Waals surface area contributed by atoms with Crippen LogP contribution in [-0.4, -0.2) is 44.7 Å². The molecule has 3 rings (SSSR count). The van der Waals surface area contributed by atoms with E-state index in [1.54, 1.807) is 28.4 Å². The van der Waals surface area contributed by atoms with Crippen molar-refractivity contribution in [2.45, 2.75) is 25.5 Å². The summed E-state index contributed by atoms with van der Waals surface area (Å²) in [7, 11) is -3.28. The van der Waals surface area contributed by atoms with Gasteiger partial charge in [-0.1, -0.05) is 6.07 Å². The summed E-state index contributed by atoms with van der Waals surface area (Å²) in [6, 6.07) is 10.7. The molecule has 9 heteroatoms. The lowest BCUT2D eigenvalue weighted by Gasteiger charge is -2.32. The lowest BCUT2D eigenvalue weighted by Crippen LogP contribution is -2.50. The van der Waals surface area contributed by atoms with Crippen molar-refractivity contribution in [1.29, 1.82) is 0 Å². The molecule has 2 heterocycles. The van der Waals surface area contributed by atoms with E-state index in [1.807, 2.05) is 29.6 Å². The van der Waals surface area contributed by atoms with Gasteiger partial charge in [0.15, 0.2) is 0 Å². The minimum atomic E-state index is -3.28. The van der Waals surface area contributed by atoms with Crippen LogP contribution in [0.5, 0.6) is 5.75 Å². The number of anilines is 1. The summed E-state index contributed by atoms with van der Waals surface area (Å²) in [5.41, 5.74) is 0.668. The van der Waals surface area contributed by atoms with E-state index >= 15 is 0 Å². The number of piperidine rings is 1. The smallest absolute Gasteiger partial charge is 0.321 e. The number of carbonyl (C=O) groups excluding carboxylic acids is 1. The Hall–Kier alpha value is -2.10. The fourth-order valence-corrected chi connectivity index (χ4v) is 4.36. The fraction of sp³-hybridized carbons (Fsp3) is 0.389. The van der Waals surface area contributed by atoms with E-state index in [0.29, 0.717) is 25.4 Å². The Labute approximate surface area is 163 Å². The van der Waals surface area contributed by atoms with Gasteiger partial charge in [0.2, 0.25) is 10.0 Å². The van der Waals surface area contributed by atoms with Crippen molar-refractivity contribution >= 4 is 33.1 Å². The topological polar surface area (TPSA) is 87.7 Å². The van der Waals surface area contributed by atoms with Crippen molar-refractivity contribution in [3.8, 4) is 5.75 Å². The van der Waals surface area contributed by atoms with Gasteiger partial charge in [-0.15, -0.1) is 11.3 Å². The number of sulfonamides is 1. The first-order chi connectivity index (χ1) is 12.9. The van der Waals surface area contributed by atoms with Gasteiger partial charge >= 0.3 is 6.03 Å². The molecule has 1 saturated heterocycles. The number of thiophene rings is 1. The molecule has 1 atom stereocenters. The number of carbonyl (C=O) groups is 1. The van der Waals surface area contributed by atoms with Gasteiger partial charge in [0.05, 0.1) is 6.26 Å². The molecule has 2 aromatic rings. The summed E-state index contributed by atoms with van der Waals surface area (Å²) in [4.78, 5) is 15.2. The van der Waals surface area contributed by atoms with E-state index in [1.165, 1.54) is 0 Å². The van der Waals surface area contributed by atoms with Gasteiger partial charge in [-0.2, -0.15) is 0 Å². The maximum atomic E-state index is 12.5. The third kappa shape index (κ3) is 6.23. The first kappa shape index (κ1) is 19.7. The summed E-state index contributed by atoms with van der Waals surface area (Å²) in [5, 5.41) is 4.86. The third-order valence-electron chi connectivity index (χ3n) is 4.16. The highest BCUT2D eigenvalue weighted by molar-refractivity contribution is 7.88. The maximum absolute atomic E-state index is 12.5. The van der Waals surface area contributed by atoms with Crippen molar-refractivity contribution in [1.82, 2.24) is 9.62 Å². The molecule has 0 radical (unpaired) electrons. The Morgan fingerprint density at radius 1 is 1.30 bits per heavy atom. The molecule has 0 saturated carbocycles. The third-order valence-corrected chi connectivity index (χ3v) is 5.77. The molecule has 2 N–H and O–H groups in total. The zero-order valence-corrected chi connectivity index (χ0v) is 16.7. The SMILES string of the molecule is CS(=O)(=O)N[C@@H]1CCCN(C(=O)Nc2ccc(OCc3cccs3)cc2)C1. The largest absolute Gasteiger partial charge is 0.488 e. The first-order valence-electron chi connectivity index (χ1n) is 8.67. The summed E-state index contributed by atoms with van der Waals surface area (Å²) >= 11 is 1.64. The molecule has 7 nitrogen and oxygen atoms in total. The normalized spacial score (nSPS) is 17.5. The number of nitrogens with zero attached hydrogens (tertiary/aromatic N) is 1. The molecule has 0 spiro atoms. The quantitative estimate of drug-likeness (QED) is 0.768. The van der Waals surface area contributed by atoms with E-state index in [0.717, 1.165) is 29.7 Å². The van der Waals surface area contributed by atoms with Crippen molar-refractivity contribution in [3.05, 3.63) is 46.7 Å². The molecule has 1 aromatic heterocycles. The number of hydrogen-bond donors (Lipinski definition) is 2. The van der Waals surface area contributed by atoms with Crippen LogP contribution in [0.2, 0.25) is 0 Å². The highest BCUT2D eigenvalue weighted by Crippen LogP contribution is 2.19. The zero-order valence-electron chi connectivity index (χ0n) is 15.1. The predicted octanol–water partition coefficient (Wildman–Crippen LogP) is 2.87. The van der Waals surface area contributed by atoms with E-state index in [-0.39, 0.29) is 12.1 Å². The molecule has 2 amide bonds. The summed E-state index contributed by atoms with van der Waals surface area (Å²) in [6.45, 7) is 1.49. The Kier molecular flexibility index (Phi) is 6.35. The Balaban J connectivity index is 1.51. The van der Waals surface area contributed by atoms with E-state index < -0.39 is 10.0 Å². The van der Waals surface area contributed by atoms with E-state index in [2.05, 4.69) is 10.0 Å². The number of amides is 2. The van der Waals surface area contributed by atoms with Crippen LogP contribution >= 0.6 is 11.3 Å². The van der Waals surface area contributed by atoms with Crippen LogP contribution in [0.3, 0.4) is 0 Å². The van der Waals surface area contributed by atoms with Crippen molar-refractivity contribution in [2.75, 3.05) is 24.7 Å². The van der Waals surface area contributed by atoms with Gasteiger partial charge < -0.3 is 15.0 Å². The molecule has 146 valence electrons. The molecule has 27 heavy (non-hydrogen) atoms. The Morgan fingerprint density at radius 3 is 2.74 bits per heavy atom. The standard InChI is InChI=1S/C18H23N3O4S2/c1-27(23,24)20-15-4-2-10-21(12-15)18(22)19-14-6-8-16(9-7-14)25-13-17-5-3-11-26-17/h3,5-9,11,15,20H,2,4,10,12-13H2,1H3,(H,19,22)/t15-/m1/s1. The van der Waals surface area contributed by atoms with Crippen molar-refractivity contribution < 1.29 is 17.9 Å². The summed E-state index contributed by atoms with van der Waals surface area (Å²) in [5.74, 6) is 0.733. The van der Waals surface area contributed by atoms with Crippen LogP contribution in [0.15, 0.2) is 41.8 Å². The minimum Gasteiger partial charge on any atom is -0.488 e. The second kappa shape index (κ2) is 8.73. The van der Waals surface area contributed by atoms with Crippen LogP contribution in [-0.2, 0) is 16.6 Å². The van der Waals surface area contributed by atoms with Gasteiger partial charge in [-0.25, -0.2) is 17.9 Å². The van der Waals surface area contributed by atoms with Gasteiger partial charge in [0, 0.05) is 29.7 Å². The lowest BCUT2D eigenvalue weighted by atomic mass is 10.1. The second-order valence-electron chi connectivity index (χ2n) is 6.50. The second-order valence-corrected chi connectivity index (χ2v) is 9.31. The van der Waals surface area contributed by atoms with Gasteiger partial charge in [-0.05, 0) is 48.6 Å². The summed E-state index contributed by atoms with van der Waals surface area (Å²) in [6.07, 6.45) is 2.62. The Bertz CT molecular complexity index is 851. The number of benzene rings is 1. The number of likely N-dealkylation sites (tertiary alicyclic amines) is 1. The van der Waals surface area contributed by atoms with Crippen LogP contribution in [0.1, 0.15) is 17.7 Å². The molecule has 0 bridgehead atoms. The zero-order chi connectivity index (χ0) is 19.3. The van der Waals surface area contributed by atoms with Crippen molar-refractivity contribution in [2.24, 2.45) is 0 Å². The van der Waals surface area contributed by atoms with E-state index in [4.69, 9.17) is 4.74 Å². The average Bonchev–Trinajstić information content (AvgIpc) is 3.13. The molecule has 0 aliphatic carbocycles. The number of hydrogen-bond acceptors (Lipinski definition) is 5. The molecular formula is C18H23N3O4S2. The predicted molar refractivity (Wildman–Crippen MR) is 107 cm³/mol. The van der Waals surface area contributed by atoms with Crippen LogP contribution < -0.4 is 14.8 Å². The van der Waals surface area contributed by atoms with E-state index in [9.17, 15) is 13.2 Å². The summed E-state index contributed by atoms with van der Waals surface area (Å²) < 4.78 is 31.1. The van der Waals surface area contributed by atoms with Gasteiger partial charge in [0.1, 0.15) is 12.4 Å². The molecule has 0 unspecified atom stereocenters. The lowest BCUT2D eigenvalue weighted by molar-refractivity contribution is 0.190. The highest BCUT2D eigenvalue weighted by Gasteiger charge is 2.25.